The summed E-state index contributed by atoms with van der Waals surface area (Å²) in [6.07, 6.45) is 0. The number of carbonyl (C=O) groups is 1. The highest BCUT2D eigenvalue weighted by Gasteiger charge is 2.07. The predicted molar refractivity (Wildman–Crippen MR) is 80.0 cm³/mol. The first kappa shape index (κ1) is 13.1. The minimum Gasteiger partial charge on any atom is -0.478 e. The van der Waals surface area contributed by atoms with Crippen molar-refractivity contribution in [3.05, 3.63) is 65.9 Å². The van der Waals surface area contributed by atoms with Gasteiger partial charge in [-0.25, -0.2) is 9.78 Å². The molecule has 0 bridgehead atoms. The summed E-state index contributed by atoms with van der Waals surface area (Å²) in [7, 11) is 0. The van der Waals surface area contributed by atoms with Gasteiger partial charge in [0.2, 0.25) is 0 Å². The second-order valence-corrected chi connectivity index (χ2v) is 4.71. The van der Waals surface area contributed by atoms with E-state index in [2.05, 4.69) is 4.98 Å². The Morgan fingerprint density at radius 3 is 2.52 bits per heavy atom. The topological polar surface area (TPSA) is 59.4 Å². The number of pyridine rings is 1. The summed E-state index contributed by atoms with van der Waals surface area (Å²) in [6.45, 7) is 1.93. The maximum absolute atomic E-state index is 10.8. The summed E-state index contributed by atoms with van der Waals surface area (Å²) in [5, 5.41) is 9.89. The van der Waals surface area contributed by atoms with Gasteiger partial charge in [0.05, 0.1) is 5.56 Å². The Hall–Kier alpha value is -2.88. The van der Waals surface area contributed by atoms with E-state index in [9.17, 15) is 4.79 Å². The molecule has 0 amide bonds. The van der Waals surface area contributed by atoms with Gasteiger partial charge in [-0.05, 0) is 43.3 Å². The monoisotopic (exact) mass is 279 g/mol. The van der Waals surface area contributed by atoms with Crippen LogP contribution >= 0.6 is 0 Å². The van der Waals surface area contributed by atoms with Crippen molar-refractivity contribution < 1.29 is 14.6 Å². The molecule has 0 atom stereocenters. The number of aromatic nitrogens is 1. The lowest BCUT2D eigenvalue weighted by Gasteiger charge is -2.09. The Kier molecular flexibility index (Phi) is 3.28. The summed E-state index contributed by atoms with van der Waals surface area (Å²) < 4.78 is 5.83. The maximum atomic E-state index is 10.8. The van der Waals surface area contributed by atoms with Crippen molar-refractivity contribution in [2.75, 3.05) is 0 Å². The smallest absolute Gasteiger partial charge is 0.335 e. The van der Waals surface area contributed by atoms with Crippen LogP contribution < -0.4 is 4.74 Å². The molecule has 0 fully saturated rings. The van der Waals surface area contributed by atoms with Crippen molar-refractivity contribution >= 4 is 16.9 Å². The summed E-state index contributed by atoms with van der Waals surface area (Å²) in [6, 6.07) is 16.0. The van der Waals surface area contributed by atoms with E-state index in [1.54, 1.807) is 12.1 Å². The van der Waals surface area contributed by atoms with Gasteiger partial charge < -0.3 is 9.84 Å². The number of aryl methyl sites for hydroxylation is 1. The lowest BCUT2D eigenvalue weighted by molar-refractivity contribution is 0.0697. The highest BCUT2D eigenvalue weighted by molar-refractivity contribution is 5.88. The van der Waals surface area contributed by atoms with Crippen LogP contribution in [0.25, 0.3) is 10.9 Å². The number of ether oxygens (including phenoxy) is 1. The lowest BCUT2D eigenvalue weighted by Crippen LogP contribution is -1.95. The van der Waals surface area contributed by atoms with E-state index in [0.717, 1.165) is 16.6 Å². The number of carboxylic acids is 1. The number of benzene rings is 2. The van der Waals surface area contributed by atoms with Crippen LogP contribution in [0, 0.1) is 6.92 Å². The zero-order valence-electron chi connectivity index (χ0n) is 11.4. The lowest BCUT2D eigenvalue weighted by atomic mass is 10.2. The Morgan fingerprint density at radius 1 is 1.05 bits per heavy atom. The molecule has 0 saturated carbocycles. The summed E-state index contributed by atoms with van der Waals surface area (Å²) in [5.41, 5.74) is 1.94. The Bertz CT molecular complexity index is 810. The Morgan fingerprint density at radius 2 is 1.81 bits per heavy atom. The third kappa shape index (κ3) is 2.69. The summed E-state index contributed by atoms with van der Waals surface area (Å²) in [5.74, 6) is 0.277. The van der Waals surface area contributed by atoms with E-state index < -0.39 is 5.97 Å². The fraction of sp³-hybridized carbons (Fsp3) is 0.0588. The molecule has 3 aromatic rings. The number of fused-ring (bicyclic) bond motifs is 1. The Balaban J connectivity index is 1.97. The van der Waals surface area contributed by atoms with Crippen LogP contribution in [-0.2, 0) is 0 Å². The van der Waals surface area contributed by atoms with Gasteiger partial charge in [-0.3, -0.25) is 0 Å². The van der Waals surface area contributed by atoms with E-state index in [0.29, 0.717) is 11.5 Å². The molecule has 2 aromatic carbocycles. The van der Waals surface area contributed by atoms with Gasteiger partial charge in [-0.2, -0.15) is 0 Å². The van der Waals surface area contributed by atoms with E-state index >= 15 is 0 Å². The molecule has 0 saturated heterocycles. The fourth-order valence-corrected chi connectivity index (χ4v) is 2.09. The number of rotatable bonds is 3. The molecular formula is C17H13NO3. The van der Waals surface area contributed by atoms with Gasteiger partial charge >= 0.3 is 5.97 Å². The van der Waals surface area contributed by atoms with Crippen molar-refractivity contribution in [1.82, 2.24) is 4.98 Å². The Labute approximate surface area is 121 Å². The molecule has 3 rings (SSSR count). The van der Waals surface area contributed by atoms with Crippen LogP contribution in [0.3, 0.4) is 0 Å². The highest BCUT2D eigenvalue weighted by atomic mass is 16.5. The van der Waals surface area contributed by atoms with Gasteiger partial charge in [-0.15, -0.1) is 0 Å². The van der Waals surface area contributed by atoms with Gasteiger partial charge in [-0.1, -0.05) is 18.2 Å². The zero-order chi connectivity index (χ0) is 14.8. The summed E-state index contributed by atoms with van der Waals surface area (Å²) >= 11 is 0. The van der Waals surface area contributed by atoms with Crippen LogP contribution in [0.5, 0.6) is 11.5 Å². The van der Waals surface area contributed by atoms with Crippen molar-refractivity contribution in [1.29, 1.82) is 0 Å². The zero-order valence-corrected chi connectivity index (χ0v) is 11.4. The normalized spacial score (nSPS) is 10.5. The van der Waals surface area contributed by atoms with E-state index in [-0.39, 0.29) is 5.56 Å². The largest absolute Gasteiger partial charge is 0.478 e. The number of carboxylic acid groups (broad SMARTS) is 1. The molecule has 0 unspecified atom stereocenters. The molecule has 0 aliphatic heterocycles. The SMILES string of the molecule is Cc1ccc2cccc(Oc3ccc(C(=O)O)cc3)c2n1. The average molecular weight is 279 g/mol. The van der Waals surface area contributed by atoms with Crippen LogP contribution in [0.2, 0.25) is 0 Å². The van der Waals surface area contributed by atoms with Crippen molar-refractivity contribution in [2.45, 2.75) is 6.92 Å². The second kappa shape index (κ2) is 5.25. The first-order valence-corrected chi connectivity index (χ1v) is 6.51. The molecule has 0 aliphatic carbocycles. The average Bonchev–Trinajstić information content (AvgIpc) is 2.48. The summed E-state index contributed by atoms with van der Waals surface area (Å²) in [4.78, 5) is 15.3. The molecule has 21 heavy (non-hydrogen) atoms. The van der Waals surface area contributed by atoms with Crippen LogP contribution in [0.4, 0.5) is 0 Å². The molecule has 4 nitrogen and oxygen atoms in total. The van der Waals surface area contributed by atoms with Gasteiger partial charge in [0.15, 0.2) is 5.75 Å². The van der Waals surface area contributed by atoms with Crippen molar-refractivity contribution in [3.63, 3.8) is 0 Å². The molecule has 0 radical (unpaired) electrons. The van der Waals surface area contributed by atoms with E-state index in [1.807, 2.05) is 37.3 Å². The number of hydrogen-bond donors (Lipinski definition) is 1. The first-order valence-electron chi connectivity index (χ1n) is 6.51. The molecule has 1 heterocycles. The highest BCUT2D eigenvalue weighted by Crippen LogP contribution is 2.28. The fourth-order valence-electron chi connectivity index (χ4n) is 2.09. The standard InChI is InChI=1S/C17H13NO3/c1-11-5-6-12-3-2-4-15(16(12)18-11)21-14-9-7-13(8-10-14)17(19)20/h2-10H,1H3,(H,19,20). The number of para-hydroxylation sites is 1. The van der Waals surface area contributed by atoms with Crippen LogP contribution in [0.1, 0.15) is 16.1 Å². The number of nitrogens with zero attached hydrogens (tertiary/aromatic N) is 1. The molecule has 1 aromatic heterocycles. The quantitative estimate of drug-likeness (QED) is 0.786. The number of hydrogen-bond acceptors (Lipinski definition) is 3. The molecule has 0 aliphatic rings. The van der Waals surface area contributed by atoms with Crippen LogP contribution in [-0.4, -0.2) is 16.1 Å². The van der Waals surface area contributed by atoms with Gasteiger partial charge in [0.1, 0.15) is 11.3 Å². The molecule has 1 N–H and O–H groups in total. The van der Waals surface area contributed by atoms with Crippen molar-refractivity contribution in [3.8, 4) is 11.5 Å². The second-order valence-electron chi connectivity index (χ2n) is 4.71. The number of aromatic carboxylic acids is 1. The van der Waals surface area contributed by atoms with E-state index in [1.165, 1.54) is 12.1 Å². The van der Waals surface area contributed by atoms with Gasteiger partial charge in [0, 0.05) is 11.1 Å². The molecule has 0 spiro atoms. The molecule has 104 valence electrons. The predicted octanol–water partition coefficient (Wildman–Crippen LogP) is 4.03. The minimum absolute atomic E-state index is 0.231. The third-order valence-electron chi connectivity index (χ3n) is 3.15. The van der Waals surface area contributed by atoms with Crippen molar-refractivity contribution in [2.24, 2.45) is 0 Å². The van der Waals surface area contributed by atoms with E-state index in [4.69, 9.17) is 9.84 Å². The van der Waals surface area contributed by atoms with Gasteiger partial charge in [0.25, 0.3) is 0 Å². The minimum atomic E-state index is -0.955. The maximum Gasteiger partial charge on any atom is 0.335 e. The molecular weight excluding hydrogens is 266 g/mol. The van der Waals surface area contributed by atoms with Crippen LogP contribution in [0.15, 0.2) is 54.6 Å². The third-order valence-corrected chi connectivity index (χ3v) is 3.15. The molecule has 4 heteroatoms. The first-order chi connectivity index (χ1) is 10.1.